The molecule has 1 fully saturated rings. The van der Waals surface area contributed by atoms with Crippen LogP contribution in [0, 0.1) is 12.8 Å². The standard InChI is InChI=1S/C24H25ClN4OS/c1-17-7-9-21(10-8-17)31-24-22(26-11-12-27-24)29-13-3-5-19(16-29)23(30)28-15-18-4-2-6-20(25)14-18/h2,4,6-12,14,19H,3,5,13,15-16H2,1H3,(H,28,30)/t19-/m1/s1. The van der Waals surface area contributed by atoms with Crippen LogP contribution in [0.3, 0.4) is 0 Å². The molecule has 1 amide bonds. The predicted octanol–water partition coefficient (Wildman–Crippen LogP) is 5.12. The van der Waals surface area contributed by atoms with Gasteiger partial charge in [-0.2, -0.15) is 0 Å². The van der Waals surface area contributed by atoms with Gasteiger partial charge in [0.05, 0.1) is 5.92 Å². The fourth-order valence-corrected chi connectivity index (χ4v) is 4.78. The summed E-state index contributed by atoms with van der Waals surface area (Å²) in [6, 6.07) is 16.0. The Kier molecular flexibility index (Phi) is 7.10. The molecule has 1 saturated heterocycles. The van der Waals surface area contributed by atoms with Gasteiger partial charge in [-0.05, 0) is 49.6 Å². The van der Waals surface area contributed by atoms with Gasteiger partial charge in [0.25, 0.3) is 0 Å². The Morgan fingerprint density at radius 2 is 2.00 bits per heavy atom. The molecule has 0 unspecified atom stereocenters. The molecular weight excluding hydrogens is 428 g/mol. The number of aromatic nitrogens is 2. The fraction of sp³-hybridized carbons (Fsp3) is 0.292. The summed E-state index contributed by atoms with van der Waals surface area (Å²) in [7, 11) is 0. The van der Waals surface area contributed by atoms with Crippen molar-refractivity contribution in [3.63, 3.8) is 0 Å². The monoisotopic (exact) mass is 452 g/mol. The minimum Gasteiger partial charge on any atom is -0.354 e. The lowest BCUT2D eigenvalue weighted by Gasteiger charge is -2.33. The molecule has 0 spiro atoms. The Labute approximate surface area is 192 Å². The van der Waals surface area contributed by atoms with Gasteiger partial charge in [0.2, 0.25) is 5.91 Å². The molecule has 1 atom stereocenters. The van der Waals surface area contributed by atoms with Gasteiger partial charge in [0.15, 0.2) is 5.82 Å². The summed E-state index contributed by atoms with van der Waals surface area (Å²) in [6.07, 6.45) is 5.26. The summed E-state index contributed by atoms with van der Waals surface area (Å²) < 4.78 is 0. The molecule has 2 heterocycles. The first kappa shape index (κ1) is 21.7. The van der Waals surface area contributed by atoms with Crippen molar-refractivity contribution in [3.8, 4) is 0 Å². The number of amides is 1. The molecule has 5 nitrogen and oxygen atoms in total. The van der Waals surface area contributed by atoms with Crippen LogP contribution in [0.2, 0.25) is 5.02 Å². The van der Waals surface area contributed by atoms with Crippen LogP contribution in [0.15, 0.2) is 70.8 Å². The third kappa shape index (κ3) is 5.77. The van der Waals surface area contributed by atoms with Crippen molar-refractivity contribution in [1.29, 1.82) is 0 Å². The number of anilines is 1. The summed E-state index contributed by atoms with van der Waals surface area (Å²) in [5.74, 6) is 0.842. The number of hydrogen-bond acceptors (Lipinski definition) is 5. The Morgan fingerprint density at radius 3 is 2.81 bits per heavy atom. The van der Waals surface area contributed by atoms with Gasteiger partial charge in [0, 0.05) is 41.9 Å². The van der Waals surface area contributed by atoms with E-state index in [1.54, 1.807) is 24.2 Å². The maximum atomic E-state index is 12.8. The van der Waals surface area contributed by atoms with Crippen molar-refractivity contribution >= 4 is 35.1 Å². The highest BCUT2D eigenvalue weighted by molar-refractivity contribution is 7.99. The number of halogens is 1. The second-order valence-corrected chi connectivity index (χ2v) is 9.23. The van der Waals surface area contributed by atoms with Crippen molar-refractivity contribution in [2.75, 3.05) is 18.0 Å². The highest BCUT2D eigenvalue weighted by Crippen LogP contribution is 2.34. The van der Waals surface area contributed by atoms with Crippen molar-refractivity contribution < 1.29 is 4.79 Å². The first-order valence-corrected chi connectivity index (χ1v) is 11.6. The minimum atomic E-state index is -0.0767. The van der Waals surface area contributed by atoms with Crippen LogP contribution >= 0.6 is 23.4 Å². The second kappa shape index (κ2) is 10.2. The van der Waals surface area contributed by atoms with Crippen LogP contribution in [0.4, 0.5) is 5.82 Å². The van der Waals surface area contributed by atoms with E-state index in [-0.39, 0.29) is 11.8 Å². The summed E-state index contributed by atoms with van der Waals surface area (Å²) >= 11 is 7.65. The third-order valence-electron chi connectivity index (χ3n) is 5.33. The summed E-state index contributed by atoms with van der Waals surface area (Å²) in [5.41, 5.74) is 2.23. The Morgan fingerprint density at radius 1 is 1.19 bits per heavy atom. The van der Waals surface area contributed by atoms with E-state index in [9.17, 15) is 4.79 Å². The maximum Gasteiger partial charge on any atom is 0.225 e. The number of nitrogens with one attached hydrogen (secondary N) is 1. The van der Waals surface area contributed by atoms with Crippen LogP contribution in [-0.4, -0.2) is 29.0 Å². The van der Waals surface area contributed by atoms with Gasteiger partial charge in [-0.25, -0.2) is 9.97 Å². The average molecular weight is 453 g/mol. The third-order valence-corrected chi connectivity index (χ3v) is 6.55. The summed E-state index contributed by atoms with van der Waals surface area (Å²) in [4.78, 5) is 25.3. The second-order valence-electron chi connectivity index (χ2n) is 7.73. The zero-order valence-electron chi connectivity index (χ0n) is 17.4. The van der Waals surface area contributed by atoms with Crippen LogP contribution in [0.1, 0.15) is 24.0 Å². The molecule has 1 N–H and O–H groups in total. The number of hydrogen-bond donors (Lipinski definition) is 1. The molecule has 3 aromatic rings. The normalized spacial score (nSPS) is 16.2. The van der Waals surface area contributed by atoms with Crippen molar-refractivity contribution in [1.82, 2.24) is 15.3 Å². The molecule has 0 aliphatic carbocycles. The Balaban J connectivity index is 1.42. The number of benzene rings is 2. The first-order valence-electron chi connectivity index (χ1n) is 10.4. The number of rotatable bonds is 6. The molecule has 1 aliphatic heterocycles. The maximum absolute atomic E-state index is 12.8. The molecule has 1 aliphatic rings. The summed E-state index contributed by atoms with van der Waals surface area (Å²) in [6.45, 7) is 4.07. The smallest absolute Gasteiger partial charge is 0.225 e. The molecule has 31 heavy (non-hydrogen) atoms. The van der Waals surface area contributed by atoms with Gasteiger partial charge in [0.1, 0.15) is 5.03 Å². The van der Waals surface area contributed by atoms with Crippen molar-refractivity contribution in [3.05, 3.63) is 77.1 Å². The lowest BCUT2D eigenvalue weighted by molar-refractivity contribution is -0.125. The van der Waals surface area contributed by atoms with E-state index < -0.39 is 0 Å². The van der Waals surface area contributed by atoms with Gasteiger partial charge < -0.3 is 10.2 Å². The molecule has 0 saturated carbocycles. The van der Waals surface area contributed by atoms with Crippen molar-refractivity contribution in [2.45, 2.75) is 36.2 Å². The molecule has 0 bridgehead atoms. The number of nitrogens with zero attached hydrogens (tertiary/aromatic N) is 3. The van der Waals surface area contributed by atoms with Crippen LogP contribution in [0.25, 0.3) is 0 Å². The molecule has 2 aromatic carbocycles. The van der Waals surface area contributed by atoms with Gasteiger partial charge in [-0.1, -0.05) is 53.2 Å². The van der Waals surface area contributed by atoms with Crippen molar-refractivity contribution in [2.24, 2.45) is 5.92 Å². The lowest BCUT2D eigenvalue weighted by Crippen LogP contribution is -2.43. The number of carbonyl (C=O) groups excluding carboxylic acids is 1. The van der Waals surface area contributed by atoms with Crippen LogP contribution in [0.5, 0.6) is 0 Å². The van der Waals surface area contributed by atoms with Gasteiger partial charge in [-0.15, -0.1) is 0 Å². The number of carbonyl (C=O) groups is 1. The summed E-state index contributed by atoms with van der Waals surface area (Å²) in [5, 5.41) is 4.61. The Hall–Kier alpha value is -2.57. The van der Waals surface area contributed by atoms with E-state index in [2.05, 4.69) is 51.4 Å². The van der Waals surface area contributed by atoms with Crippen LogP contribution in [-0.2, 0) is 11.3 Å². The van der Waals surface area contributed by atoms with Crippen LogP contribution < -0.4 is 10.2 Å². The topological polar surface area (TPSA) is 58.1 Å². The van der Waals surface area contributed by atoms with Gasteiger partial charge in [-0.3, -0.25) is 4.79 Å². The minimum absolute atomic E-state index is 0.0707. The SMILES string of the molecule is Cc1ccc(Sc2nccnc2N2CCC[C@@H](C(=O)NCc3cccc(Cl)c3)C2)cc1. The average Bonchev–Trinajstić information content (AvgIpc) is 2.79. The van der Waals surface area contributed by atoms with E-state index in [4.69, 9.17) is 11.6 Å². The van der Waals surface area contributed by atoms with E-state index in [1.165, 1.54) is 5.56 Å². The number of aryl methyl sites for hydroxylation is 1. The quantitative estimate of drug-likeness (QED) is 0.562. The fourth-order valence-electron chi connectivity index (χ4n) is 3.69. The van der Waals surface area contributed by atoms with E-state index in [1.807, 2.05) is 24.3 Å². The van der Waals surface area contributed by atoms with E-state index in [0.29, 0.717) is 18.1 Å². The highest BCUT2D eigenvalue weighted by atomic mass is 35.5. The zero-order valence-corrected chi connectivity index (χ0v) is 19.0. The lowest BCUT2D eigenvalue weighted by atomic mass is 9.97. The largest absolute Gasteiger partial charge is 0.354 e. The zero-order chi connectivity index (χ0) is 21.6. The molecule has 7 heteroatoms. The predicted molar refractivity (Wildman–Crippen MR) is 126 cm³/mol. The van der Waals surface area contributed by atoms with E-state index >= 15 is 0 Å². The first-order chi connectivity index (χ1) is 15.1. The number of piperidine rings is 1. The molecule has 4 rings (SSSR count). The molecule has 160 valence electrons. The van der Waals surface area contributed by atoms with E-state index in [0.717, 1.165) is 40.7 Å². The molecule has 0 radical (unpaired) electrons. The highest BCUT2D eigenvalue weighted by Gasteiger charge is 2.28. The Bertz CT molecular complexity index is 1040. The van der Waals surface area contributed by atoms with Gasteiger partial charge >= 0.3 is 0 Å². The molecule has 1 aromatic heterocycles. The molecular formula is C24H25ClN4OS.